The highest BCUT2D eigenvalue weighted by molar-refractivity contribution is 5.89. The summed E-state index contributed by atoms with van der Waals surface area (Å²) in [6.45, 7) is 2.02. The Balaban J connectivity index is 1.64. The van der Waals surface area contributed by atoms with Gasteiger partial charge in [-0.05, 0) is 24.1 Å². The third kappa shape index (κ3) is 3.12. The number of hydrogen-bond acceptors (Lipinski definition) is 3. The second-order valence-corrected chi connectivity index (χ2v) is 5.27. The summed E-state index contributed by atoms with van der Waals surface area (Å²) in [5.41, 5.74) is 3.02. The molecule has 1 aromatic heterocycles. The van der Waals surface area contributed by atoms with Crippen LogP contribution in [0, 0.1) is 0 Å². The molecule has 0 spiro atoms. The van der Waals surface area contributed by atoms with Crippen molar-refractivity contribution in [2.24, 2.45) is 0 Å². The molecule has 0 saturated heterocycles. The summed E-state index contributed by atoms with van der Waals surface area (Å²) in [7, 11) is 1.60. The Morgan fingerprint density at radius 3 is 2.95 bits per heavy atom. The van der Waals surface area contributed by atoms with Gasteiger partial charge in [-0.25, -0.2) is 9.78 Å². The first-order chi connectivity index (χ1) is 10.8. The normalized spacial score (nSPS) is 13.0. The molecule has 2 N–H and O–H groups in total. The predicted octanol–water partition coefficient (Wildman–Crippen LogP) is 2.26. The van der Waals surface area contributed by atoms with E-state index in [4.69, 9.17) is 4.74 Å². The average molecular weight is 300 g/mol. The van der Waals surface area contributed by atoms with Crippen LogP contribution in [-0.4, -0.2) is 35.8 Å². The number of anilines is 1. The summed E-state index contributed by atoms with van der Waals surface area (Å²) in [6.07, 6.45) is 4.15. The van der Waals surface area contributed by atoms with E-state index in [0.29, 0.717) is 13.2 Å². The van der Waals surface area contributed by atoms with E-state index in [-0.39, 0.29) is 6.03 Å². The summed E-state index contributed by atoms with van der Waals surface area (Å²) in [6, 6.07) is 7.59. The van der Waals surface area contributed by atoms with Gasteiger partial charge < -0.3 is 19.9 Å². The topological polar surface area (TPSA) is 68.2 Å². The highest BCUT2D eigenvalue weighted by Crippen LogP contribution is 2.26. The third-order valence-corrected chi connectivity index (χ3v) is 3.75. The van der Waals surface area contributed by atoms with E-state index in [1.54, 1.807) is 7.11 Å². The fraction of sp³-hybridized carbons (Fsp3) is 0.375. The molecule has 6 heteroatoms. The zero-order chi connectivity index (χ0) is 15.4. The van der Waals surface area contributed by atoms with E-state index in [1.165, 1.54) is 0 Å². The van der Waals surface area contributed by atoms with Crippen LogP contribution in [0.25, 0.3) is 11.3 Å². The molecule has 0 bridgehead atoms. The van der Waals surface area contributed by atoms with Gasteiger partial charge in [-0.3, -0.25) is 0 Å². The van der Waals surface area contributed by atoms with Crippen LogP contribution in [0.1, 0.15) is 12.2 Å². The lowest BCUT2D eigenvalue weighted by molar-refractivity contribution is 0.198. The highest BCUT2D eigenvalue weighted by atomic mass is 16.5. The molecule has 6 nitrogen and oxygen atoms in total. The van der Waals surface area contributed by atoms with Gasteiger partial charge in [-0.2, -0.15) is 0 Å². The van der Waals surface area contributed by atoms with Crippen LogP contribution < -0.4 is 10.6 Å². The minimum absolute atomic E-state index is 0.227. The minimum Gasteiger partial charge on any atom is -0.383 e. The number of ether oxygens (including phenoxy) is 1. The second-order valence-electron chi connectivity index (χ2n) is 5.27. The molecular formula is C16H20N4O2. The number of aryl methyl sites for hydroxylation is 1. The molecule has 3 rings (SSSR count). The molecule has 0 atom stereocenters. The summed E-state index contributed by atoms with van der Waals surface area (Å²) >= 11 is 0. The smallest absolute Gasteiger partial charge is 0.319 e. The van der Waals surface area contributed by atoms with Crippen molar-refractivity contribution in [3.8, 4) is 11.3 Å². The number of benzene rings is 1. The Morgan fingerprint density at radius 1 is 1.36 bits per heavy atom. The Morgan fingerprint density at radius 2 is 2.18 bits per heavy atom. The largest absolute Gasteiger partial charge is 0.383 e. The van der Waals surface area contributed by atoms with Crippen LogP contribution >= 0.6 is 0 Å². The van der Waals surface area contributed by atoms with Gasteiger partial charge in [-0.15, -0.1) is 0 Å². The second kappa shape index (κ2) is 6.62. The van der Waals surface area contributed by atoms with Gasteiger partial charge in [0.05, 0.1) is 18.5 Å². The molecule has 1 aliphatic heterocycles. The number of fused-ring (bicyclic) bond motifs is 1. The first-order valence-electron chi connectivity index (χ1n) is 7.46. The number of urea groups is 1. The Labute approximate surface area is 129 Å². The van der Waals surface area contributed by atoms with Gasteiger partial charge in [0.15, 0.2) is 0 Å². The zero-order valence-electron chi connectivity index (χ0n) is 12.6. The fourth-order valence-corrected chi connectivity index (χ4v) is 2.65. The van der Waals surface area contributed by atoms with E-state index in [9.17, 15) is 4.79 Å². The first-order valence-corrected chi connectivity index (χ1v) is 7.46. The SMILES string of the molecule is COCCNC(=O)Nc1ccc(-c2cnc3n2CCC3)cc1. The van der Waals surface area contributed by atoms with Crippen LogP contribution in [0.15, 0.2) is 30.5 Å². The number of rotatable bonds is 5. The summed E-state index contributed by atoms with van der Waals surface area (Å²) in [5.74, 6) is 1.16. The molecule has 2 heterocycles. The summed E-state index contributed by atoms with van der Waals surface area (Å²) in [4.78, 5) is 16.1. The number of amides is 2. The van der Waals surface area contributed by atoms with Crippen molar-refractivity contribution < 1.29 is 9.53 Å². The fourth-order valence-electron chi connectivity index (χ4n) is 2.65. The van der Waals surface area contributed by atoms with Gasteiger partial charge in [-0.1, -0.05) is 12.1 Å². The van der Waals surface area contributed by atoms with E-state index in [2.05, 4.69) is 20.2 Å². The molecule has 0 aliphatic carbocycles. The highest BCUT2D eigenvalue weighted by Gasteiger charge is 2.16. The van der Waals surface area contributed by atoms with E-state index >= 15 is 0 Å². The molecule has 0 radical (unpaired) electrons. The third-order valence-electron chi connectivity index (χ3n) is 3.75. The molecule has 0 unspecified atom stereocenters. The van der Waals surface area contributed by atoms with Crippen LogP contribution in [0.3, 0.4) is 0 Å². The molecule has 116 valence electrons. The monoisotopic (exact) mass is 300 g/mol. The van der Waals surface area contributed by atoms with Crippen molar-refractivity contribution in [1.82, 2.24) is 14.9 Å². The molecule has 1 aromatic carbocycles. The minimum atomic E-state index is -0.227. The van der Waals surface area contributed by atoms with Gasteiger partial charge in [0.1, 0.15) is 5.82 Å². The zero-order valence-corrected chi connectivity index (χ0v) is 12.6. The van der Waals surface area contributed by atoms with Crippen molar-refractivity contribution in [2.45, 2.75) is 19.4 Å². The first kappa shape index (κ1) is 14.6. The van der Waals surface area contributed by atoms with Crippen molar-refractivity contribution >= 4 is 11.7 Å². The Bertz CT molecular complexity index is 649. The molecule has 22 heavy (non-hydrogen) atoms. The molecule has 2 aromatic rings. The number of nitrogens with zero attached hydrogens (tertiary/aromatic N) is 2. The van der Waals surface area contributed by atoms with Gasteiger partial charge in [0, 0.05) is 32.3 Å². The lowest BCUT2D eigenvalue weighted by Gasteiger charge is -2.09. The number of methoxy groups -OCH3 is 1. The van der Waals surface area contributed by atoms with Crippen molar-refractivity contribution in [2.75, 3.05) is 25.6 Å². The van der Waals surface area contributed by atoms with Gasteiger partial charge in [0.2, 0.25) is 0 Å². The van der Waals surface area contributed by atoms with E-state index < -0.39 is 0 Å². The predicted molar refractivity (Wildman–Crippen MR) is 84.9 cm³/mol. The number of aromatic nitrogens is 2. The number of imidazole rings is 1. The van der Waals surface area contributed by atoms with Crippen molar-refractivity contribution in [3.05, 3.63) is 36.3 Å². The molecule has 2 amide bonds. The maximum atomic E-state index is 11.7. The number of nitrogens with one attached hydrogen (secondary N) is 2. The lowest BCUT2D eigenvalue weighted by atomic mass is 10.1. The maximum absolute atomic E-state index is 11.7. The van der Waals surface area contributed by atoms with Crippen molar-refractivity contribution in [1.29, 1.82) is 0 Å². The average Bonchev–Trinajstić information content (AvgIpc) is 3.11. The summed E-state index contributed by atoms with van der Waals surface area (Å²) < 4.78 is 7.15. The van der Waals surface area contributed by atoms with Crippen LogP contribution in [0.4, 0.5) is 10.5 Å². The number of carbonyl (C=O) groups is 1. The molecular weight excluding hydrogens is 280 g/mol. The van der Waals surface area contributed by atoms with Gasteiger partial charge >= 0.3 is 6.03 Å². The molecule has 0 fully saturated rings. The van der Waals surface area contributed by atoms with Crippen LogP contribution in [0.5, 0.6) is 0 Å². The lowest BCUT2D eigenvalue weighted by Crippen LogP contribution is -2.31. The summed E-state index contributed by atoms with van der Waals surface area (Å²) in [5, 5.41) is 5.52. The van der Waals surface area contributed by atoms with Crippen LogP contribution in [0.2, 0.25) is 0 Å². The van der Waals surface area contributed by atoms with Crippen LogP contribution in [-0.2, 0) is 17.7 Å². The van der Waals surface area contributed by atoms with E-state index in [0.717, 1.165) is 42.2 Å². The van der Waals surface area contributed by atoms with E-state index in [1.807, 2.05) is 30.5 Å². The van der Waals surface area contributed by atoms with Gasteiger partial charge in [0.25, 0.3) is 0 Å². The van der Waals surface area contributed by atoms with Crippen molar-refractivity contribution in [3.63, 3.8) is 0 Å². The Hall–Kier alpha value is -2.34. The Kier molecular flexibility index (Phi) is 4.39. The standard InChI is InChI=1S/C16H20N4O2/c1-22-10-8-17-16(21)19-13-6-4-12(5-7-13)14-11-18-15-3-2-9-20(14)15/h4-7,11H,2-3,8-10H2,1H3,(H2,17,19,21). The molecule has 0 saturated carbocycles. The number of hydrogen-bond donors (Lipinski definition) is 2. The molecule has 1 aliphatic rings. The maximum Gasteiger partial charge on any atom is 0.319 e. The number of carbonyl (C=O) groups excluding carboxylic acids is 1. The quantitative estimate of drug-likeness (QED) is 0.832.